The van der Waals surface area contributed by atoms with Crippen LogP contribution in [0.15, 0.2) is 47.8 Å². The van der Waals surface area contributed by atoms with Crippen molar-refractivity contribution in [2.45, 2.75) is 11.8 Å². The molecule has 1 aromatic heterocycles. The van der Waals surface area contributed by atoms with Crippen LogP contribution in [0.4, 0.5) is 0 Å². The van der Waals surface area contributed by atoms with E-state index in [9.17, 15) is 18.4 Å². The number of hydroxylamine groups is 2. The average Bonchev–Trinajstić information content (AvgIpc) is 3.09. The number of thiophene rings is 1. The van der Waals surface area contributed by atoms with Crippen LogP contribution in [0.3, 0.4) is 0 Å². The van der Waals surface area contributed by atoms with Crippen LogP contribution in [-0.2, 0) is 20.4 Å². The molecule has 0 bridgehead atoms. The Labute approximate surface area is 170 Å². The van der Waals surface area contributed by atoms with E-state index in [4.69, 9.17) is 23.2 Å². The summed E-state index contributed by atoms with van der Waals surface area (Å²) in [7, 11) is -3.65. The minimum atomic E-state index is -3.65. The fourth-order valence-corrected chi connectivity index (χ4v) is 5.49. The second-order valence-corrected chi connectivity index (χ2v) is 9.89. The summed E-state index contributed by atoms with van der Waals surface area (Å²) in [5, 5.41) is 13.7. The van der Waals surface area contributed by atoms with Gasteiger partial charge in [-0.1, -0.05) is 35.3 Å². The highest BCUT2D eigenvalue weighted by Crippen LogP contribution is 2.29. The zero-order valence-corrected chi connectivity index (χ0v) is 17.0. The summed E-state index contributed by atoms with van der Waals surface area (Å²) in [5.74, 6) is -0.662. The van der Waals surface area contributed by atoms with E-state index < -0.39 is 21.6 Å². The van der Waals surface area contributed by atoms with Crippen LogP contribution in [0.1, 0.15) is 17.2 Å². The molecule has 27 heavy (non-hydrogen) atoms. The SMILES string of the molecule is O=CN(O)[C@H](CS(=O)(=O)Cc1ccc2sccc2c1)c1ccc(Cl)c(Cl)c1. The molecule has 1 amide bonds. The Morgan fingerprint density at radius 3 is 2.59 bits per heavy atom. The molecular weight excluding hydrogens is 429 g/mol. The molecular formula is C18H15Cl2NO4S2. The van der Waals surface area contributed by atoms with Gasteiger partial charge >= 0.3 is 0 Å². The van der Waals surface area contributed by atoms with E-state index in [1.165, 1.54) is 18.2 Å². The normalized spacial score (nSPS) is 12.9. The van der Waals surface area contributed by atoms with Gasteiger partial charge in [0.2, 0.25) is 6.41 Å². The lowest BCUT2D eigenvalue weighted by molar-refractivity contribution is -0.158. The molecule has 0 unspecified atom stereocenters. The Hall–Kier alpha value is -1.64. The average molecular weight is 444 g/mol. The lowest BCUT2D eigenvalue weighted by Gasteiger charge is -2.23. The van der Waals surface area contributed by atoms with E-state index in [1.54, 1.807) is 17.4 Å². The summed E-state index contributed by atoms with van der Waals surface area (Å²) in [4.78, 5) is 11.1. The van der Waals surface area contributed by atoms with Gasteiger partial charge < -0.3 is 0 Å². The maximum absolute atomic E-state index is 12.7. The third-order valence-electron chi connectivity index (χ3n) is 4.07. The van der Waals surface area contributed by atoms with Crippen molar-refractivity contribution in [3.8, 4) is 0 Å². The van der Waals surface area contributed by atoms with Crippen LogP contribution in [0.2, 0.25) is 10.0 Å². The van der Waals surface area contributed by atoms with Gasteiger partial charge in [0.1, 0.15) is 0 Å². The minimum Gasteiger partial charge on any atom is -0.285 e. The topological polar surface area (TPSA) is 74.7 Å². The first kappa shape index (κ1) is 20.1. The van der Waals surface area contributed by atoms with Crippen LogP contribution in [0, 0.1) is 0 Å². The second-order valence-electron chi connectivity index (χ2n) is 6.02. The molecule has 142 valence electrons. The van der Waals surface area contributed by atoms with Crippen molar-refractivity contribution in [3.63, 3.8) is 0 Å². The number of hydrogen-bond acceptors (Lipinski definition) is 5. The molecule has 0 aliphatic heterocycles. The quantitative estimate of drug-likeness (QED) is 0.325. The molecule has 3 aromatic rings. The predicted molar refractivity (Wildman–Crippen MR) is 108 cm³/mol. The zero-order chi connectivity index (χ0) is 19.6. The molecule has 3 rings (SSSR count). The summed E-state index contributed by atoms with van der Waals surface area (Å²) in [6, 6.07) is 10.8. The van der Waals surface area contributed by atoms with Crippen molar-refractivity contribution in [3.05, 3.63) is 69.0 Å². The molecule has 2 aromatic carbocycles. The Kier molecular flexibility index (Phi) is 6.08. The second kappa shape index (κ2) is 8.16. The predicted octanol–water partition coefficient (Wildman–Crippen LogP) is 4.71. The van der Waals surface area contributed by atoms with E-state index in [-0.39, 0.29) is 17.2 Å². The number of nitrogens with zero attached hydrogens (tertiary/aromatic N) is 1. The summed E-state index contributed by atoms with van der Waals surface area (Å²) in [6.07, 6.45) is 0.167. The van der Waals surface area contributed by atoms with Crippen molar-refractivity contribution in [2.24, 2.45) is 0 Å². The first-order valence-corrected chi connectivity index (χ1v) is 11.3. The van der Waals surface area contributed by atoms with Crippen molar-refractivity contribution < 1.29 is 18.4 Å². The lowest BCUT2D eigenvalue weighted by atomic mass is 10.1. The number of sulfone groups is 1. The van der Waals surface area contributed by atoms with Gasteiger partial charge in [-0.3, -0.25) is 10.0 Å². The van der Waals surface area contributed by atoms with Crippen molar-refractivity contribution >= 4 is 60.9 Å². The number of fused-ring (bicyclic) bond motifs is 1. The third-order valence-corrected chi connectivity index (χ3v) is 7.30. The van der Waals surface area contributed by atoms with Crippen LogP contribution >= 0.6 is 34.5 Å². The maximum Gasteiger partial charge on any atom is 0.233 e. The zero-order valence-electron chi connectivity index (χ0n) is 13.9. The maximum atomic E-state index is 12.7. The molecule has 0 saturated heterocycles. The molecule has 1 atom stereocenters. The molecule has 5 nitrogen and oxygen atoms in total. The minimum absolute atomic E-state index is 0.167. The number of carbonyl (C=O) groups is 1. The highest BCUT2D eigenvalue weighted by atomic mass is 35.5. The first-order valence-electron chi connectivity index (χ1n) is 7.83. The Morgan fingerprint density at radius 2 is 1.89 bits per heavy atom. The van der Waals surface area contributed by atoms with E-state index in [0.717, 1.165) is 10.1 Å². The van der Waals surface area contributed by atoms with Crippen LogP contribution in [-0.4, -0.2) is 30.9 Å². The van der Waals surface area contributed by atoms with Crippen molar-refractivity contribution in [1.82, 2.24) is 5.06 Å². The van der Waals surface area contributed by atoms with Gasteiger partial charge in [-0.25, -0.2) is 13.5 Å². The van der Waals surface area contributed by atoms with Crippen LogP contribution < -0.4 is 0 Å². The summed E-state index contributed by atoms with van der Waals surface area (Å²) < 4.78 is 26.5. The van der Waals surface area contributed by atoms with Crippen LogP contribution in [0.25, 0.3) is 10.1 Å². The summed E-state index contributed by atoms with van der Waals surface area (Å²) in [6.45, 7) is 0. The molecule has 9 heteroatoms. The molecule has 1 heterocycles. The molecule has 1 N–H and O–H groups in total. The first-order chi connectivity index (χ1) is 12.8. The van der Waals surface area contributed by atoms with Gasteiger partial charge in [0.05, 0.1) is 27.6 Å². The van der Waals surface area contributed by atoms with Gasteiger partial charge in [0, 0.05) is 4.70 Å². The fraction of sp³-hybridized carbons (Fsp3) is 0.167. The van der Waals surface area contributed by atoms with Gasteiger partial charge in [-0.05, 0) is 52.2 Å². The van der Waals surface area contributed by atoms with E-state index in [1.807, 2.05) is 23.6 Å². The number of rotatable bonds is 7. The smallest absolute Gasteiger partial charge is 0.233 e. The van der Waals surface area contributed by atoms with Gasteiger partial charge in [0.25, 0.3) is 0 Å². The summed E-state index contributed by atoms with van der Waals surface area (Å²) >= 11 is 13.4. The van der Waals surface area contributed by atoms with E-state index in [2.05, 4.69) is 0 Å². The number of amides is 1. The van der Waals surface area contributed by atoms with Crippen LogP contribution in [0.5, 0.6) is 0 Å². The van der Waals surface area contributed by atoms with Gasteiger partial charge in [-0.2, -0.15) is 0 Å². The van der Waals surface area contributed by atoms with Gasteiger partial charge in [0.15, 0.2) is 9.84 Å². The van der Waals surface area contributed by atoms with E-state index >= 15 is 0 Å². The molecule has 0 radical (unpaired) electrons. The number of benzene rings is 2. The number of halogens is 2. The Bertz CT molecular complexity index is 1080. The Balaban J connectivity index is 1.86. The highest BCUT2D eigenvalue weighted by molar-refractivity contribution is 7.90. The number of carbonyl (C=O) groups excluding carboxylic acids is 1. The Morgan fingerprint density at radius 1 is 1.11 bits per heavy atom. The molecule has 0 fully saturated rings. The highest BCUT2D eigenvalue weighted by Gasteiger charge is 2.26. The molecule has 0 spiro atoms. The molecule has 0 aliphatic rings. The molecule has 0 saturated carbocycles. The lowest BCUT2D eigenvalue weighted by Crippen LogP contribution is -2.30. The monoisotopic (exact) mass is 443 g/mol. The number of hydrogen-bond donors (Lipinski definition) is 1. The summed E-state index contributed by atoms with van der Waals surface area (Å²) in [5.41, 5.74) is 1.01. The third kappa shape index (κ3) is 4.80. The van der Waals surface area contributed by atoms with Crippen molar-refractivity contribution in [2.75, 3.05) is 5.75 Å². The largest absolute Gasteiger partial charge is 0.285 e. The molecule has 0 aliphatic carbocycles. The fourth-order valence-electron chi connectivity index (χ4n) is 2.78. The van der Waals surface area contributed by atoms with Crippen molar-refractivity contribution in [1.29, 1.82) is 0 Å². The van der Waals surface area contributed by atoms with Gasteiger partial charge in [-0.15, -0.1) is 11.3 Å². The standard InChI is InChI=1S/C18H15Cl2NO4S2/c19-15-3-2-13(8-16(15)20)17(21(23)11-22)10-27(24,25)9-12-1-4-18-14(7-12)5-6-26-18/h1-8,11,17,23H,9-10H2/t17-/m1/s1. The van der Waals surface area contributed by atoms with E-state index in [0.29, 0.717) is 21.2 Å².